The van der Waals surface area contributed by atoms with Crippen LogP contribution in [-0.4, -0.2) is 59.6 Å². The third-order valence-corrected chi connectivity index (χ3v) is 3.61. The van der Waals surface area contributed by atoms with E-state index in [1.807, 2.05) is 0 Å². The van der Waals surface area contributed by atoms with Crippen LogP contribution in [0.25, 0.3) is 0 Å². The van der Waals surface area contributed by atoms with Crippen molar-refractivity contribution in [3.8, 4) is 0 Å². The van der Waals surface area contributed by atoms with Gasteiger partial charge in [-0.25, -0.2) is 13.1 Å². The number of hydrogen-bond donors (Lipinski definition) is 2. The van der Waals surface area contributed by atoms with Crippen molar-refractivity contribution < 1.29 is 22.7 Å². The van der Waals surface area contributed by atoms with E-state index in [2.05, 4.69) is 10.0 Å². The lowest BCUT2D eigenvalue weighted by atomic mass is 10.5. The summed E-state index contributed by atoms with van der Waals surface area (Å²) in [5.74, 6) is -0.450. The normalized spacial score (nSPS) is 15.6. The fourth-order valence-corrected chi connectivity index (χ4v) is 2.00. The van der Waals surface area contributed by atoms with Crippen molar-refractivity contribution in [1.82, 2.24) is 10.0 Å². The third kappa shape index (κ3) is 7.59. The Balaban J connectivity index is 2.08. The van der Waals surface area contributed by atoms with Gasteiger partial charge in [0.05, 0.1) is 32.1 Å². The molecule has 0 aliphatic heterocycles. The standard InChI is InChI=1S/C10H20N2O5S/c1-16-4-5-17-6-7-18(14,15)11-8-10(13)12-9-2-3-9/h9,11H,2-8H2,1H3,(H,12,13). The highest BCUT2D eigenvalue weighted by Crippen LogP contribution is 2.18. The predicted octanol–water partition coefficient (Wildman–Crippen LogP) is -1.15. The number of carbonyl (C=O) groups excluding carboxylic acids is 1. The second-order valence-corrected chi connectivity index (χ2v) is 6.01. The van der Waals surface area contributed by atoms with Crippen molar-refractivity contribution in [2.24, 2.45) is 0 Å². The molecule has 1 aliphatic rings. The summed E-state index contributed by atoms with van der Waals surface area (Å²) in [5, 5.41) is 2.70. The summed E-state index contributed by atoms with van der Waals surface area (Å²) in [5.41, 5.74) is 0. The van der Waals surface area contributed by atoms with Crippen molar-refractivity contribution in [3.05, 3.63) is 0 Å². The maximum atomic E-state index is 11.5. The molecule has 1 saturated carbocycles. The summed E-state index contributed by atoms with van der Waals surface area (Å²) in [6.07, 6.45) is 1.96. The van der Waals surface area contributed by atoms with Crippen LogP contribution in [0.3, 0.4) is 0 Å². The van der Waals surface area contributed by atoms with Crippen LogP contribution in [0.15, 0.2) is 0 Å². The molecule has 0 spiro atoms. The summed E-state index contributed by atoms with van der Waals surface area (Å²) < 4.78 is 35.0. The van der Waals surface area contributed by atoms with E-state index >= 15 is 0 Å². The number of rotatable bonds is 10. The lowest BCUT2D eigenvalue weighted by Crippen LogP contribution is -2.39. The minimum Gasteiger partial charge on any atom is -0.382 e. The predicted molar refractivity (Wildman–Crippen MR) is 65.6 cm³/mol. The smallest absolute Gasteiger partial charge is 0.235 e. The van der Waals surface area contributed by atoms with Gasteiger partial charge in [-0.05, 0) is 12.8 Å². The van der Waals surface area contributed by atoms with Gasteiger partial charge < -0.3 is 14.8 Å². The van der Waals surface area contributed by atoms with Crippen LogP contribution in [0, 0.1) is 0 Å². The maximum absolute atomic E-state index is 11.5. The first-order chi connectivity index (χ1) is 8.53. The summed E-state index contributed by atoms with van der Waals surface area (Å²) in [6.45, 7) is 0.658. The average Bonchev–Trinajstić information content (AvgIpc) is 3.10. The molecule has 1 rings (SSSR count). The lowest BCUT2D eigenvalue weighted by molar-refractivity contribution is -0.120. The zero-order chi connectivity index (χ0) is 13.4. The van der Waals surface area contributed by atoms with E-state index in [0.717, 1.165) is 12.8 Å². The number of amides is 1. The first-order valence-corrected chi connectivity index (χ1v) is 7.52. The molecule has 2 N–H and O–H groups in total. The molecule has 0 aromatic rings. The molecule has 0 aromatic carbocycles. The molecule has 1 aliphatic carbocycles. The van der Waals surface area contributed by atoms with Crippen LogP contribution in [-0.2, 0) is 24.3 Å². The largest absolute Gasteiger partial charge is 0.382 e. The van der Waals surface area contributed by atoms with Gasteiger partial charge >= 0.3 is 0 Å². The molecule has 18 heavy (non-hydrogen) atoms. The van der Waals surface area contributed by atoms with Crippen LogP contribution in [0.1, 0.15) is 12.8 Å². The van der Waals surface area contributed by atoms with E-state index in [0.29, 0.717) is 13.2 Å². The minimum atomic E-state index is -3.46. The molecule has 1 fully saturated rings. The van der Waals surface area contributed by atoms with Gasteiger partial charge in [-0.2, -0.15) is 0 Å². The highest BCUT2D eigenvalue weighted by atomic mass is 32.2. The number of nitrogens with one attached hydrogen (secondary N) is 2. The van der Waals surface area contributed by atoms with Gasteiger partial charge in [0.25, 0.3) is 0 Å². The van der Waals surface area contributed by atoms with E-state index in [1.165, 1.54) is 0 Å². The summed E-state index contributed by atoms with van der Waals surface area (Å²) in [6, 6.07) is 0.236. The Morgan fingerprint density at radius 3 is 2.61 bits per heavy atom. The van der Waals surface area contributed by atoms with Gasteiger partial charge in [-0.1, -0.05) is 0 Å². The lowest BCUT2D eigenvalue weighted by Gasteiger charge is -2.07. The Hall–Kier alpha value is -0.700. The Morgan fingerprint density at radius 1 is 1.28 bits per heavy atom. The zero-order valence-corrected chi connectivity index (χ0v) is 11.3. The summed E-state index contributed by atoms with van der Waals surface area (Å²) in [4.78, 5) is 11.3. The number of ether oxygens (including phenoxy) is 2. The molecule has 0 radical (unpaired) electrons. The molecule has 0 aromatic heterocycles. The number of methoxy groups -OCH3 is 1. The first-order valence-electron chi connectivity index (χ1n) is 5.87. The fraction of sp³-hybridized carbons (Fsp3) is 0.900. The molecule has 0 unspecified atom stereocenters. The third-order valence-electron chi connectivity index (χ3n) is 2.32. The molecule has 0 bridgehead atoms. The maximum Gasteiger partial charge on any atom is 0.235 e. The minimum absolute atomic E-state index is 0.0862. The number of sulfonamides is 1. The number of hydrogen-bond acceptors (Lipinski definition) is 5. The van der Waals surface area contributed by atoms with E-state index in [4.69, 9.17) is 9.47 Å². The molecule has 106 valence electrons. The van der Waals surface area contributed by atoms with Crippen LogP contribution in [0.4, 0.5) is 0 Å². The van der Waals surface area contributed by atoms with Crippen LogP contribution in [0.5, 0.6) is 0 Å². The summed E-state index contributed by atoms with van der Waals surface area (Å²) in [7, 11) is -1.91. The van der Waals surface area contributed by atoms with Crippen molar-refractivity contribution in [2.45, 2.75) is 18.9 Å². The Labute approximate surface area is 107 Å². The van der Waals surface area contributed by atoms with Gasteiger partial charge in [0, 0.05) is 13.2 Å². The second-order valence-electron chi connectivity index (χ2n) is 4.09. The van der Waals surface area contributed by atoms with Gasteiger partial charge in [-0.15, -0.1) is 0 Å². The fourth-order valence-electron chi connectivity index (χ4n) is 1.17. The van der Waals surface area contributed by atoms with Crippen LogP contribution < -0.4 is 10.0 Å². The van der Waals surface area contributed by atoms with E-state index in [9.17, 15) is 13.2 Å². The van der Waals surface area contributed by atoms with Crippen molar-refractivity contribution in [1.29, 1.82) is 0 Å². The van der Waals surface area contributed by atoms with E-state index in [1.54, 1.807) is 7.11 Å². The first kappa shape index (κ1) is 15.4. The van der Waals surface area contributed by atoms with Gasteiger partial charge in [-0.3, -0.25) is 4.79 Å². The number of carbonyl (C=O) groups is 1. The summed E-state index contributed by atoms with van der Waals surface area (Å²) >= 11 is 0. The monoisotopic (exact) mass is 280 g/mol. The topological polar surface area (TPSA) is 93.7 Å². The Kier molecular flexibility index (Phi) is 6.55. The highest BCUT2D eigenvalue weighted by molar-refractivity contribution is 7.89. The molecule has 0 heterocycles. The Morgan fingerprint density at radius 2 is 2.00 bits per heavy atom. The van der Waals surface area contributed by atoms with Gasteiger partial charge in [0.2, 0.25) is 15.9 Å². The molecular weight excluding hydrogens is 260 g/mol. The second kappa shape index (κ2) is 7.67. The molecule has 7 nitrogen and oxygen atoms in total. The highest BCUT2D eigenvalue weighted by Gasteiger charge is 2.23. The molecule has 8 heteroatoms. The van der Waals surface area contributed by atoms with Crippen molar-refractivity contribution in [2.75, 3.05) is 39.2 Å². The molecule has 0 atom stereocenters. The molecule has 0 saturated heterocycles. The van der Waals surface area contributed by atoms with Crippen LogP contribution >= 0.6 is 0 Å². The Bertz CT molecular complexity index is 353. The molecular formula is C10H20N2O5S. The zero-order valence-electron chi connectivity index (χ0n) is 10.5. The van der Waals surface area contributed by atoms with Crippen LogP contribution in [0.2, 0.25) is 0 Å². The van der Waals surface area contributed by atoms with Gasteiger partial charge in [0.1, 0.15) is 0 Å². The SMILES string of the molecule is COCCOCCS(=O)(=O)NCC(=O)NC1CC1. The van der Waals surface area contributed by atoms with E-state index < -0.39 is 10.0 Å². The average molecular weight is 280 g/mol. The van der Waals surface area contributed by atoms with E-state index in [-0.39, 0.29) is 30.9 Å². The van der Waals surface area contributed by atoms with Gasteiger partial charge in [0.15, 0.2) is 0 Å². The van der Waals surface area contributed by atoms with Crippen molar-refractivity contribution in [3.63, 3.8) is 0 Å². The quantitative estimate of drug-likeness (QED) is 0.493. The molecule has 1 amide bonds. The van der Waals surface area contributed by atoms with Crippen molar-refractivity contribution >= 4 is 15.9 Å².